The zero-order valence-corrected chi connectivity index (χ0v) is 14.5. The molecule has 1 aromatic heterocycles. The summed E-state index contributed by atoms with van der Waals surface area (Å²) in [5.74, 6) is -0.350. The summed E-state index contributed by atoms with van der Waals surface area (Å²) in [5.41, 5.74) is 1.16. The summed E-state index contributed by atoms with van der Waals surface area (Å²) < 4.78 is 39.2. The van der Waals surface area contributed by atoms with Gasteiger partial charge in [-0.15, -0.1) is 0 Å². The highest BCUT2D eigenvalue weighted by Crippen LogP contribution is 2.32. The number of carbonyl (C=O) groups excluding carboxylic acids is 1. The fourth-order valence-corrected chi connectivity index (χ4v) is 2.63. The molecule has 2 rings (SSSR count). The minimum absolute atomic E-state index is 0.00673. The van der Waals surface area contributed by atoms with Crippen LogP contribution in [0.25, 0.3) is 0 Å². The van der Waals surface area contributed by atoms with E-state index in [1.54, 1.807) is 13.2 Å². The van der Waals surface area contributed by atoms with Gasteiger partial charge in [-0.05, 0) is 43.2 Å². The van der Waals surface area contributed by atoms with Crippen molar-refractivity contribution in [2.75, 3.05) is 7.05 Å². The Labute approximate surface area is 145 Å². The third kappa shape index (κ3) is 5.05. The zero-order valence-electron chi connectivity index (χ0n) is 14.5. The number of hydrogen-bond donors (Lipinski definition) is 0. The highest BCUT2D eigenvalue weighted by atomic mass is 19.4. The number of hydrogen-bond acceptors (Lipinski definition) is 2. The summed E-state index contributed by atoms with van der Waals surface area (Å²) >= 11 is 0. The topological polar surface area (TPSA) is 33.2 Å². The normalized spacial score (nSPS) is 12.7. The van der Waals surface area contributed by atoms with Gasteiger partial charge >= 0.3 is 6.18 Å². The summed E-state index contributed by atoms with van der Waals surface area (Å²) in [6.07, 6.45) is -2.49. The van der Waals surface area contributed by atoms with Crippen molar-refractivity contribution >= 4 is 5.91 Å². The lowest BCUT2D eigenvalue weighted by Gasteiger charge is -2.25. The van der Waals surface area contributed by atoms with Crippen LogP contribution in [0, 0.1) is 6.92 Å². The van der Waals surface area contributed by atoms with E-state index in [1.165, 1.54) is 23.1 Å². The Bertz CT molecular complexity index is 743. The smallest absolute Gasteiger partial charge is 0.342 e. The van der Waals surface area contributed by atoms with E-state index in [1.807, 2.05) is 26.0 Å². The number of halogens is 3. The molecule has 1 amide bonds. The van der Waals surface area contributed by atoms with Crippen molar-refractivity contribution in [3.8, 4) is 0 Å². The first-order chi connectivity index (χ1) is 11.7. The summed E-state index contributed by atoms with van der Waals surface area (Å²) in [4.78, 5) is 18.2. The molecule has 6 heteroatoms. The van der Waals surface area contributed by atoms with Crippen LogP contribution in [0.2, 0.25) is 0 Å². The van der Waals surface area contributed by atoms with Crippen molar-refractivity contribution in [1.29, 1.82) is 0 Å². The summed E-state index contributed by atoms with van der Waals surface area (Å²) in [5, 5.41) is 0. The van der Waals surface area contributed by atoms with Crippen molar-refractivity contribution in [3.05, 3.63) is 65.0 Å². The van der Waals surface area contributed by atoms with Gasteiger partial charge in [0.25, 0.3) is 0 Å². The molecule has 25 heavy (non-hydrogen) atoms. The maximum absolute atomic E-state index is 13.1. The number of alkyl halides is 3. The van der Waals surface area contributed by atoms with Gasteiger partial charge < -0.3 is 4.90 Å². The van der Waals surface area contributed by atoms with E-state index in [0.29, 0.717) is 6.42 Å². The van der Waals surface area contributed by atoms with E-state index in [9.17, 15) is 18.0 Å². The number of benzene rings is 1. The van der Waals surface area contributed by atoms with Crippen LogP contribution in [0.15, 0.2) is 42.6 Å². The molecule has 1 atom stereocenters. The van der Waals surface area contributed by atoms with Crippen molar-refractivity contribution < 1.29 is 18.0 Å². The average Bonchev–Trinajstić information content (AvgIpc) is 2.53. The second-order valence-corrected chi connectivity index (χ2v) is 6.21. The van der Waals surface area contributed by atoms with Gasteiger partial charge in [-0.1, -0.05) is 18.2 Å². The molecule has 1 aromatic carbocycles. The van der Waals surface area contributed by atoms with Crippen LogP contribution in [-0.2, 0) is 23.8 Å². The lowest BCUT2D eigenvalue weighted by molar-refractivity contribution is -0.138. The van der Waals surface area contributed by atoms with Crippen LogP contribution in [-0.4, -0.2) is 28.9 Å². The Kier molecular flexibility index (Phi) is 5.82. The van der Waals surface area contributed by atoms with Gasteiger partial charge in [0.15, 0.2) is 0 Å². The molecule has 0 fully saturated rings. The molecular weight excluding hydrogens is 329 g/mol. The second-order valence-electron chi connectivity index (χ2n) is 6.21. The molecule has 3 nitrogen and oxygen atoms in total. The fraction of sp³-hybridized carbons (Fsp3) is 0.368. The van der Waals surface area contributed by atoms with Gasteiger partial charge in [-0.25, -0.2) is 0 Å². The predicted molar refractivity (Wildman–Crippen MR) is 90.1 cm³/mol. The molecule has 0 spiro atoms. The molecule has 0 aliphatic heterocycles. The van der Waals surface area contributed by atoms with Gasteiger partial charge in [0, 0.05) is 31.4 Å². The molecule has 0 saturated heterocycles. The summed E-state index contributed by atoms with van der Waals surface area (Å²) in [6.45, 7) is 3.82. The number of nitrogens with zero attached hydrogens (tertiary/aromatic N) is 2. The van der Waals surface area contributed by atoms with E-state index < -0.39 is 11.7 Å². The Hall–Kier alpha value is -2.37. The van der Waals surface area contributed by atoms with Crippen LogP contribution in [0.5, 0.6) is 0 Å². The summed E-state index contributed by atoms with van der Waals surface area (Å²) in [7, 11) is 1.61. The monoisotopic (exact) mass is 350 g/mol. The number of aromatic nitrogens is 1. The molecule has 0 bridgehead atoms. The van der Waals surface area contributed by atoms with Crippen molar-refractivity contribution in [3.63, 3.8) is 0 Å². The van der Waals surface area contributed by atoms with E-state index >= 15 is 0 Å². The zero-order chi connectivity index (χ0) is 18.6. The average molecular weight is 350 g/mol. The molecular formula is C19H21F3N2O. The molecule has 0 unspecified atom stereocenters. The van der Waals surface area contributed by atoms with Gasteiger partial charge in [-0.3, -0.25) is 9.78 Å². The number of likely N-dealkylation sites (N-methyl/N-ethyl adjacent to an activating group) is 1. The standard InChI is InChI=1S/C19H21F3N2O/c1-13-8-9-23-16(10-13)11-14(2)24(3)18(25)12-15-6-4-5-7-17(15)19(20,21)22/h4-10,14H,11-12H2,1-3H3/t14-/m0/s1. The van der Waals surface area contributed by atoms with E-state index in [-0.39, 0.29) is 23.9 Å². The predicted octanol–water partition coefficient (Wildman–Crippen LogP) is 4.04. The molecule has 134 valence electrons. The van der Waals surface area contributed by atoms with E-state index in [2.05, 4.69) is 4.98 Å². The maximum atomic E-state index is 13.1. The van der Waals surface area contributed by atoms with Crippen LogP contribution >= 0.6 is 0 Å². The van der Waals surface area contributed by atoms with Crippen molar-refractivity contribution in [1.82, 2.24) is 9.88 Å². The third-order valence-corrected chi connectivity index (χ3v) is 4.20. The Morgan fingerprint density at radius 2 is 1.92 bits per heavy atom. The lowest BCUT2D eigenvalue weighted by atomic mass is 10.0. The first-order valence-electron chi connectivity index (χ1n) is 8.00. The van der Waals surface area contributed by atoms with E-state index in [4.69, 9.17) is 0 Å². The Morgan fingerprint density at radius 1 is 1.24 bits per heavy atom. The maximum Gasteiger partial charge on any atom is 0.416 e. The SMILES string of the molecule is Cc1ccnc(C[C@H](C)N(C)C(=O)Cc2ccccc2C(F)(F)F)c1. The molecule has 0 aliphatic carbocycles. The first-order valence-corrected chi connectivity index (χ1v) is 8.00. The van der Waals surface area contributed by atoms with Gasteiger partial charge in [-0.2, -0.15) is 13.2 Å². The minimum atomic E-state index is -4.47. The molecule has 0 radical (unpaired) electrons. The molecule has 0 N–H and O–H groups in total. The van der Waals surface area contributed by atoms with Gasteiger partial charge in [0.05, 0.1) is 12.0 Å². The van der Waals surface area contributed by atoms with Gasteiger partial charge in [0.1, 0.15) is 0 Å². The van der Waals surface area contributed by atoms with Gasteiger partial charge in [0.2, 0.25) is 5.91 Å². The number of aryl methyl sites for hydroxylation is 1. The highest BCUT2D eigenvalue weighted by Gasteiger charge is 2.33. The number of amides is 1. The number of pyridine rings is 1. The van der Waals surface area contributed by atoms with Crippen molar-refractivity contribution in [2.45, 2.75) is 38.9 Å². The van der Waals surface area contributed by atoms with Crippen molar-refractivity contribution in [2.24, 2.45) is 0 Å². The third-order valence-electron chi connectivity index (χ3n) is 4.20. The first kappa shape index (κ1) is 19.0. The Balaban J connectivity index is 2.08. The Morgan fingerprint density at radius 3 is 2.56 bits per heavy atom. The highest BCUT2D eigenvalue weighted by molar-refractivity contribution is 5.79. The quantitative estimate of drug-likeness (QED) is 0.815. The minimum Gasteiger partial charge on any atom is -0.342 e. The summed E-state index contributed by atoms with van der Waals surface area (Å²) in [6, 6.07) is 8.85. The lowest BCUT2D eigenvalue weighted by Crippen LogP contribution is -2.37. The second kappa shape index (κ2) is 7.68. The van der Waals surface area contributed by atoms with Crippen LogP contribution in [0.1, 0.15) is 29.3 Å². The molecule has 1 heterocycles. The van der Waals surface area contributed by atoms with Crippen LogP contribution < -0.4 is 0 Å². The molecule has 0 aliphatic rings. The van der Waals surface area contributed by atoms with Crippen LogP contribution in [0.3, 0.4) is 0 Å². The molecule has 0 saturated carbocycles. The number of carbonyl (C=O) groups is 1. The fourth-order valence-electron chi connectivity index (χ4n) is 2.63. The van der Waals surface area contributed by atoms with E-state index in [0.717, 1.165) is 17.3 Å². The molecule has 2 aromatic rings. The van der Waals surface area contributed by atoms with Crippen LogP contribution in [0.4, 0.5) is 13.2 Å². The number of rotatable bonds is 5. The largest absolute Gasteiger partial charge is 0.416 e.